The molecule has 1 aliphatic carbocycles. The molecule has 1 aromatic carbocycles. The molecule has 0 bridgehead atoms. The fourth-order valence-electron chi connectivity index (χ4n) is 2.67. The minimum Gasteiger partial charge on any atom is -0.469 e. The van der Waals surface area contributed by atoms with Crippen LogP contribution in [0.15, 0.2) is 24.3 Å². The first-order valence-electron chi connectivity index (χ1n) is 6.05. The van der Waals surface area contributed by atoms with Crippen LogP contribution in [0.25, 0.3) is 0 Å². The predicted molar refractivity (Wildman–Crippen MR) is 63.1 cm³/mol. The van der Waals surface area contributed by atoms with Crippen molar-refractivity contribution in [3.63, 3.8) is 0 Å². The third kappa shape index (κ3) is 2.65. The lowest BCUT2D eigenvalue weighted by Gasteiger charge is -2.29. The number of rotatable bonds is 2. The van der Waals surface area contributed by atoms with E-state index in [4.69, 9.17) is 4.74 Å². The molecule has 0 N–H and O–H groups in total. The smallest absolute Gasteiger partial charge is 0.309 e. The molecular weight excluding hydrogens is 219 g/mol. The highest BCUT2D eigenvalue weighted by Gasteiger charge is 2.32. The van der Waals surface area contributed by atoms with Gasteiger partial charge in [-0.25, -0.2) is 4.39 Å². The maximum Gasteiger partial charge on any atom is 0.309 e. The zero-order valence-electron chi connectivity index (χ0n) is 9.99. The molecule has 2 rings (SSSR count). The van der Waals surface area contributed by atoms with Crippen LogP contribution >= 0.6 is 0 Å². The van der Waals surface area contributed by atoms with Crippen molar-refractivity contribution >= 4 is 5.97 Å². The first-order chi connectivity index (χ1) is 8.22. The van der Waals surface area contributed by atoms with Gasteiger partial charge >= 0.3 is 5.97 Å². The molecule has 0 aliphatic heterocycles. The van der Waals surface area contributed by atoms with Crippen LogP contribution in [-0.4, -0.2) is 13.1 Å². The second kappa shape index (κ2) is 5.30. The van der Waals surface area contributed by atoms with Gasteiger partial charge in [-0.2, -0.15) is 0 Å². The molecule has 0 spiro atoms. The minimum atomic E-state index is -0.237. The third-order valence-corrected chi connectivity index (χ3v) is 3.57. The standard InChI is InChI=1S/C14H17FO2/c1-17-14(16)13-5-3-2-4-12(13)10-6-8-11(15)9-7-10/h6-9,12-13H,2-5H2,1H3/t12-,13+/m0/s1. The average molecular weight is 236 g/mol. The molecule has 2 atom stereocenters. The van der Waals surface area contributed by atoms with Crippen molar-refractivity contribution in [2.24, 2.45) is 5.92 Å². The van der Waals surface area contributed by atoms with Gasteiger partial charge in [0.1, 0.15) is 5.82 Å². The Kier molecular flexibility index (Phi) is 3.77. The van der Waals surface area contributed by atoms with Crippen molar-refractivity contribution in [3.8, 4) is 0 Å². The van der Waals surface area contributed by atoms with Crippen LogP contribution in [-0.2, 0) is 9.53 Å². The van der Waals surface area contributed by atoms with E-state index >= 15 is 0 Å². The molecule has 3 heteroatoms. The monoisotopic (exact) mass is 236 g/mol. The minimum absolute atomic E-state index is 0.0702. The molecule has 0 amide bonds. The summed E-state index contributed by atoms with van der Waals surface area (Å²) in [6.07, 6.45) is 4.03. The van der Waals surface area contributed by atoms with Crippen LogP contribution in [0, 0.1) is 11.7 Å². The Hall–Kier alpha value is -1.38. The summed E-state index contributed by atoms with van der Waals surface area (Å²) >= 11 is 0. The summed E-state index contributed by atoms with van der Waals surface area (Å²) in [6.45, 7) is 0. The predicted octanol–water partition coefficient (Wildman–Crippen LogP) is 3.27. The highest BCUT2D eigenvalue weighted by molar-refractivity contribution is 5.73. The van der Waals surface area contributed by atoms with Gasteiger partial charge in [0, 0.05) is 0 Å². The van der Waals surface area contributed by atoms with E-state index in [0.717, 1.165) is 31.2 Å². The molecular formula is C14H17FO2. The Morgan fingerprint density at radius 1 is 1.24 bits per heavy atom. The van der Waals surface area contributed by atoms with Crippen LogP contribution in [0.3, 0.4) is 0 Å². The number of carbonyl (C=O) groups is 1. The topological polar surface area (TPSA) is 26.3 Å². The van der Waals surface area contributed by atoms with Gasteiger partial charge in [0.25, 0.3) is 0 Å². The Bertz CT molecular complexity index is 386. The molecule has 1 fully saturated rings. The van der Waals surface area contributed by atoms with Crippen molar-refractivity contribution in [2.45, 2.75) is 31.6 Å². The summed E-state index contributed by atoms with van der Waals surface area (Å²) in [4.78, 5) is 11.7. The van der Waals surface area contributed by atoms with Crippen LogP contribution in [0.4, 0.5) is 4.39 Å². The van der Waals surface area contributed by atoms with E-state index < -0.39 is 0 Å². The number of hydrogen-bond acceptors (Lipinski definition) is 2. The second-order valence-electron chi connectivity index (χ2n) is 4.57. The third-order valence-electron chi connectivity index (χ3n) is 3.57. The number of ether oxygens (including phenoxy) is 1. The molecule has 17 heavy (non-hydrogen) atoms. The highest BCUT2D eigenvalue weighted by atomic mass is 19.1. The largest absolute Gasteiger partial charge is 0.469 e. The number of benzene rings is 1. The van der Waals surface area contributed by atoms with E-state index in [1.54, 1.807) is 12.1 Å². The molecule has 1 saturated carbocycles. The zero-order chi connectivity index (χ0) is 12.3. The molecule has 0 aromatic heterocycles. The van der Waals surface area contributed by atoms with Crippen LogP contribution in [0.1, 0.15) is 37.2 Å². The van der Waals surface area contributed by atoms with Gasteiger partial charge in [-0.3, -0.25) is 4.79 Å². The molecule has 0 saturated heterocycles. The van der Waals surface area contributed by atoms with E-state index in [0.29, 0.717) is 0 Å². The van der Waals surface area contributed by atoms with Crippen LogP contribution in [0.5, 0.6) is 0 Å². The summed E-state index contributed by atoms with van der Waals surface area (Å²) in [6, 6.07) is 6.47. The van der Waals surface area contributed by atoms with E-state index in [2.05, 4.69) is 0 Å². The summed E-state index contributed by atoms with van der Waals surface area (Å²) in [5.41, 5.74) is 1.04. The number of esters is 1. The molecule has 92 valence electrons. The fourth-order valence-corrected chi connectivity index (χ4v) is 2.67. The Balaban J connectivity index is 2.21. The number of hydrogen-bond donors (Lipinski definition) is 0. The van der Waals surface area contributed by atoms with Gasteiger partial charge in [-0.1, -0.05) is 25.0 Å². The molecule has 2 nitrogen and oxygen atoms in total. The highest BCUT2D eigenvalue weighted by Crippen LogP contribution is 2.38. The van der Waals surface area contributed by atoms with Gasteiger partial charge < -0.3 is 4.74 Å². The zero-order valence-corrected chi connectivity index (χ0v) is 9.99. The molecule has 0 unspecified atom stereocenters. The second-order valence-corrected chi connectivity index (χ2v) is 4.57. The van der Waals surface area contributed by atoms with Gasteiger partial charge in [0.15, 0.2) is 0 Å². The molecule has 0 radical (unpaired) electrons. The summed E-state index contributed by atoms with van der Waals surface area (Å²) in [7, 11) is 1.43. The van der Waals surface area contributed by atoms with E-state index in [1.807, 2.05) is 0 Å². The van der Waals surface area contributed by atoms with E-state index in [9.17, 15) is 9.18 Å². The van der Waals surface area contributed by atoms with E-state index in [-0.39, 0.29) is 23.6 Å². The lowest BCUT2D eigenvalue weighted by Crippen LogP contribution is -2.26. The van der Waals surface area contributed by atoms with E-state index in [1.165, 1.54) is 19.2 Å². The van der Waals surface area contributed by atoms with Gasteiger partial charge in [0.05, 0.1) is 13.0 Å². The van der Waals surface area contributed by atoms with Crippen molar-refractivity contribution in [2.75, 3.05) is 7.11 Å². The normalized spacial score (nSPS) is 24.4. The maximum atomic E-state index is 12.9. The summed E-state index contributed by atoms with van der Waals surface area (Å²) in [5.74, 6) is -0.269. The van der Waals surface area contributed by atoms with Crippen LogP contribution in [0.2, 0.25) is 0 Å². The maximum absolute atomic E-state index is 12.9. The molecule has 1 aliphatic rings. The number of halogens is 1. The van der Waals surface area contributed by atoms with Gasteiger partial charge in [-0.15, -0.1) is 0 Å². The first kappa shape index (κ1) is 12.1. The fraction of sp³-hybridized carbons (Fsp3) is 0.500. The lowest BCUT2D eigenvalue weighted by molar-refractivity contribution is -0.147. The number of carbonyl (C=O) groups excluding carboxylic acids is 1. The van der Waals surface area contributed by atoms with Crippen molar-refractivity contribution < 1.29 is 13.9 Å². The summed E-state index contributed by atoms with van der Waals surface area (Å²) in [5, 5.41) is 0. The lowest BCUT2D eigenvalue weighted by atomic mass is 9.75. The SMILES string of the molecule is COC(=O)[C@@H]1CCCC[C@H]1c1ccc(F)cc1. The van der Waals surface area contributed by atoms with Crippen molar-refractivity contribution in [1.29, 1.82) is 0 Å². The average Bonchev–Trinajstić information content (AvgIpc) is 2.39. The van der Waals surface area contributed by atoms with Gasteiger partial charge in [-0.05, 0) is 36.5 Å². The number of methoxy groups -OCH3 is 1. The van der Waals surface area contributed by atoms with Crippen molar-refractivity contribution in [3.05, 3.63) is 35.6 Å². The Labute approximate surface area is 101 Å². The summed E-state index contributed by atoms with van der Waals surface area (Å²) < 4.78 is 17.7. The quantitative estimate of drug-likeness (QED) is 0.737. The van der Waals surface area contributed by atoms with Crippen LogP contribution < -0.4 is 0 Å². The Morgan fingerprint density at radius 2 is 1.88 bits per heavy atom. The molecule has 1 aromatic rings. The molecule has 0 heterocycles. The Morgan fingerprint density at radius 3 is 2.53 bits per heavy atom. The van der Waals surface area contributed by atoms with Crippen molar-refractivity contribution in [1.82, 2.24) is 0 Å². The van der Waals surface area contributed by atoms with Gasteiger partial charge in [0.2, 0.25) is 0 Å². The first-order valence-corrected chi connectivity index (χ1v) is 6.05.